The summed E-state index contributed by atoms with van der Waals surface area (Å²) in [5.41, 5.74) is 0.0413. The number of halogens is 1. The molecule has 0 aromatic rings. The number of amides is 2. The van der Waals surface area contributed by atoms with Gasteiger partial charge in [-0.15, -0.1) is 0 Å². The molecule has 0 rings (SSSR count). The molecule has 2 amide bonds. The van der Waals surface area contributed by atoms with Gasteiger partial charge in [0.2, 0.25) is 0 Å². The van der Waals surface area contributed by atoms with E-state index in [2.05, 4.69) is 10.6 Å². The summed E-state index contributed by atoms with van der Waals surface area (Å²) in [6.45, 7) is 5.91. The average Bonchev–Trinajstić information content (AvgIpc) is 2.15. The molecule has 0 aliphatic rings. The molecule has 16 heavy (non-hydrogen) atoms. The van der Waals surface area contributed by atoms with Crippen LogP contribution in [-0.2, 0) is 0 Å². The lowest BCUT2D eigenvalue weighted by Gasteiger charge is -2.25. The average molecular weight is 234 g/mol. The van der Waals surface area contributed by atoms with Crippen molar-refractivity contribution in [1.29, 1.82) is 0 Å². The van der Waals surface area contributed by atoms with Gasteiger partial charge in [-0.3, -0.25) is 4.39 Å². The van der Waals surface area contributed by atoms with Crippen molar-refractivity contribution < 1.29 is 14.3 Å². The predicted molar refractivity (Wildman–Crippen MR) is 62.1 cm³/mol. The highest BCUT2D eigenvalue weighted by Crippen LogP contribution is 2.20. The summed E-state index contributed by atoms with van der Waals surface area (Å²) in [6.07, 6.45) is 1.01. The highest BCUT2D eigenvalue weighted by Gasteiger charge is 2.19. The number of hydrogen-bond acceptors (Lipinski definition) is 2. The zero-order chi connectivity index (χ0) is 12.6. The van der Waals surface area contributed by atoms with Crippen molar-refractivity contribution in [2.24, 2.45) is 5.41 Å². The monoisotopic (exact) mass is 234 g/mol. The first-order valence-electron chi connectivity index (χ1n) is 5.60. The molecule has 3 N–H and O–H groups in total. The van der Waals surface area contributed by atoms with Gasteiger partial charge in [-0.1, -0.05) is 20.8 Å². The third-order valence-electron chi connectivity index (χ3n) is 2.01. The van der Waals surface area contributed by atoms with Crippen LogP contribution in [0.1, 0.15) is 33.6 Å². The van der Waals surface area contributed by atoms with E-state index in [0.717, 1.165) is 0 Å². The first-order chi connectivity index (χ1) is 7.39. The van der Waals surface area contributed by atoms with Crippen LogP contribution in [0.2, 0.25) is 0 Å². The van der Waals surface area contributed by atoms with Crippen molar-refractivity contribution in [3.8, 4) is 0 Å². The number of aliphatic hydroxyl groups excluding tert-OH is 1. The predicted octanol–water partition coefficient (Wildman–Crippen LogP) is 1.44. The Hall–Kier alpha value is -0.840. The topological polar surface area (TPSA) is 61.4 Å². The number of rotatable bonds is 6. The van der Waals surface area contributed by atoms with Gasteiger partial charge < -0.3 is 15.7 Å². The van der Waals surface area contributed by atoms with E-state index < -0.39 is 6.67 Å². The Morgan fingerprint density at radius 1 is 1.44 bits per heavy atom. The summed E-state index contributed by atoms with van der Waals surface area (Å²) in [7, 11) is 0. The smallest absolute Gasteiger partial charge is 0.315 e. The molecule has 0 aliphatic carbocycles. The molecule has 0 aliphatic heterocycles. The maximum Gasteiger partial charge on any atom is 0.315 e. The van der Waals surface area contributed by atoms with Gasteiger partial charge in [-0.05, 0) is 18.3 Å². The Balaban J connectivity index is 3.88. The molecule has 0 spiro atoms. The minimum absolute atomic E-state index is 0.0413. The number of nitrogens with one attached hydrogen (secondary N) is 2. The van der Waals surface area contributed by atoms with Crippen LogP contribution in [-0.4, -0.2) is 37.0 Å². The van der Waals surface area contributed by atoms with Gasteiger partial charge in [0.05, 0.1) is 19.3 Å². The van der Waals surface area contributed by atoms with Crippen LogP contribution in [0.5, 0.6) is 0 Å². The SMILES string of the molecule is CC(C)(C)CC(CO)NC(=O)NCCCF. The van der Waals surface area contributed by atoms with Crippen molar-refractivity contribution in [2.75, 3.05) is 19.8 Å². The molecule has 0 radical (unpaired) electrons. The first kappa shape index (κ1) is 15.2. The van der Waals surface area contributed by atoms with Crippen LogP contribution in [0.4, 0.5) is 9.18 Å². The third kappa shape index (κ3) is 8.47. The highest BCUT2D eigenvalue weighted by atomic mass is 19.1. The van der Waals surface area contributed by atoms with Crippen LogP contribution >= 0.6 is 0 Å². The molecule has 96 valence electrons. The maximum atomic E-state index is 11.8. The lowest BCUT2D eigenvalue weighted by Crippen LogP contribution is -2.45. The molecule has 0 fully saturated rings. The largest absolute Gasteiger partial charge is 0.394 e. The Kier molecular flexibility index (Phi) is 7.05. The highest BCUT2D eigenvalue weighted by molar-refractivity contribution is 5.74. The van der Waals surface area contributed by atoms with Crippen molar-refractivity contribution >= 4 is 6.03 Å². The fraction of sp³-hybridized carbons (Fsp3) is 0.909. The summed E-state index contributed by atoms with van der Waals surface area (Å²) in [6, 6.07) is -0.609. The van der Waals surface area contributed by atoms with Gasteiger partial charge in [0.25, 0.3) is 0 Å². The van der Waals surface area contributed by atoms with Gasteiger partial charge in [0.1, 0.15) is 0 Å². The number of alkyl halides is 1. The van der Waals surface area contributed by atoms with Crippen LogP contribution in [0, 0.1) is 5.41 Å². The van der Waals surface area contributed by atoms with Crippen LogP contribution in [0.15, 0.2) is 0 Å². The van der Waals surface area contributed by atoms with E-state index in [1.807, 2.05) is 20.8 Å². The van der Waals surface area contributed by atoms with Crippen LogP contribution < -0.4 is 10.6 Å². The van der Waals surface area contributed by atoms with Crippen molar-refractivity contribution in [2.45, 2.75) is 39.7 Å². The van der Waals surface area contributed by atoms with Gasteiger partial charge >= 0.3 is 6.03 Å². The fourth-order valence-electron chi connectivity index (χ4n) is 1.41. The summed E-state index contributed by atoms with van der Waals surface area (Å²) in [4.78, 5) is 11.3. The Labute approximate surface area is 96.6 Å². The molecule has 4 nitrogen and oxygen atoms in total. The summed E-state index contributed by atoms with van der Waals surface area (Å²) in [5.74, 6) is 0. The molecular formula is C11H23FN2O2. The van der Waals surface area contributed by atoms with Crippen molar-refractivity contribution in [3.63, 3.8) is 0 Å². The second-order valence-corrected chi connectivity index (χ2v) is 5.09. The molecule has 0 saturated carbocycles. The van der Waals surface area contributed by atoms with Gasteiger partial charge in [-0.25, -0.2) is 4.79 Å². The Morgan fingerprint density at radius 2 is 2.06 bits per heavy atom. The van der Waals surface area contributed by atoms with Crippen LogP contribution in [0.25, 0.3) is 0 Å². The molecule has 0 aromatic heterocycles. The number of carbonyl (C=O) groups excluding carboxylic acids is 1. The first-order valence-corrected chi connectivity index (χ1v) is 5.60. The van der Waals surface area contributed by atoms with Crippen LogP contribution in [0.3, 0.4) is 0 Å². The van der Waals surface area contributed by atoms with E-state index in [-0.39, 0.29) is 24.1 Å². The number of hydrogen-bond donors (Lipinski definition) is 3. The zero-order valence-corrected chi connectivity index (χ0v) is 10.3. The fourth-order valence-corrected chi connectivity index (χ4v) is 1.41. The second-order valence-electron chi connectivity index (χ2n) is 5.09. The summed E-state index contributed by atoms with van der Waals surface area (Å²) >= 11 is 0. The quantitative estimate of drug-likeness (QED) is 0.609. The minimum atomic E-state index is -0.439. The third-order valence-corrected chi connectivity index (χ3v) is 2.01. The van der Waals surface area contributed by atoms with Gasteiger partial charge in [0, 0.05) is 6.54 Å². The zero-order valence-electron chi connectivity index (χ0n) is 10.3. The standard InChI is InChI=1S/C11H23FN2O2/c1-11(2,3)7-9(8-15)14-10(16)13-6-4-5-12/h9,15H,4-8H2,1-3H3,(H2,13,14,16). The van der Waals surface area contributed by atoms with E-state index in [1.165, 1.54) is 0 Å². The Morgan fingerprint density at radius 3 is 2.50 bits per heavy atom. The normalized spacial score (nSPS) is 13.3. The molecule has 0 heterocycles. The van der Waals surface area contributed by atoms with Crippen molar-refractivity contribution in [3.05, 3.63) is 0 Å². The maximum absolute atomic E-state index is 11.8. The molecule has 5 heteroatoms. The molecule has 1 atom stereocenters. The van der Waals surface area contributed by atoms with E-state index >= 15 is 0 Å². The molecule has 0 saturated heterocycles. The molecular weight excluding hydrogens is 211 g/mol. The lowest BCUT2D eigenvalue weighted by molar-refractivity contribution is 0.191. The summed E-state index contributed by atoms with van der Waals surface area (Å²) < 4.78 is 11.8. The number of aliphatic hydroxyl groups is 1. The number of carbonyl (C=O) groups is 1. The molecule has 1 unspecified atom stereocenters. The second kappa shape index (κ2) is 7.44. The van der Waals surface area contributed by atoms with Crippen molar-refractivity contribution in [1.82, 2.24) is 10.6 Å². The Bertz CT molecular complexity index is 205. The van der Waals surface area contributed by atoms with E-state index in [4.69, 9.17) is 5.11 Å². The minimum Gasteiger partial charge on any atom is -0.394 e. The lowest BCUT2D eigenvalue weighted by atomic mass is 9.88. The van der Waals surface area contributed by atoms with E-state index in [1.54, 1.807) is 0 Å². The van der Waals surface area contributed by atoms with E-state index in [9.17, 15) is 9.18 Å². The molecule has 0 bridgehead atoms. The molecule has 0 aromatic carbocycles. The van der Waals surface area contributed by atoms with E-state index in [0.29, 0.717) is 19.4 Å². The number of urea groups is 1. The van der Waals surface area contributed by atoms with Gasteiger partial charge in [0.15, 0.2) is 0 Å². The summed E-state index contributed by atoms with van der Waals surface area (Å²) in [5, 5.41) is 14.3. The van der Waals surface area contributed by atoms with Gasteiger partial charge in [-0.2, -0.15) is 0 Å².